The van der Waals surface area contributed by atoms with E-state index in [1.165, 1.54) is 17.5 Å². The van der Waals surface area contributed by atoms with Crippen LogP contribution in [0, 0.1) is 27.7 Å². The molecular formula is C15H18. The van der Waals surface area contributed by atoms with Crippen molar-refractivity contribution in [3.05, 3.63) is 45.5 Å². The van der Waals surface area contributed by atoms with Crippen molar-refractivity contribution in [1.29, 1.82) is 0 Å². The van der Waals surface area contributed by atoms with E-state index < -0.39 is 0 Å². The summed E-state index contributed by atoms with van der Waals surface area (Å²) in [5.41, 5.74) is 9.42. The van der Waals surface area contributed by atoms with Crippen LogP contribution in [-0.2, 0) is 0 Å². The first-order valence-corrected chi connectivity index (χ1v) is 5.89. The zero-order valence-electron chi connectivity index (χ0n) is 10.0. The minimum atomic E-state index is 0.725. The van der Waals surface area contributed by atoms with Crippen LogP contribution in [0.5, 0.6) is 0 Å². The van der Waals surface area contributed by atoms with Crippen molar-refractivity contribution in [1.82, 2.24) is 0 Å². The van der Waals surface area contributed by atoms with Crippen molar-refractivity contribution in [3.8, 4) is 0 Å². The van der Waals surface area contributed by atoms with Gasteiger partial charge in [-0.25, -0.2) is 0 Å². The molecule has 2 atom stereocenters. The van der Waals surface area contributed by atoms with Crippen molar-refractivity contribution >= 4 is 0 Å². The van der Waals surface area contributed by atoms with Crippen LogP contribution in [0.3, 0.4) is 0 Å². The third-order valence-corrected chi connectivity index (χ3v) is 4.61. The first-order chi connectivity index (χ1) is 7.11. The smallest absolute Gasteiger partial charge is 0.00327 e. The van der Waals surface area contributed by atoms with Gasteiger partial charge >= 0.3 is 0 Å². The lowest BCUT2D eigenvalue weighted by Crippen LogP contribution is -2.04. The molecule has 78 valence electrons. The molecule has 2 aliphatic rings. The van der Waals surface area contributed by atoms with Gasteiger partial charge < -0.3 is 0 Å². The molecule has 0 aromatic heterocycles. The fourth-order valence-electron chi connectivity index (χ4n) is 3.45. The molecule has 1 aromatic carbocycles. The number of fused-ring (bicyclic) bond motifs is 5. The van der Waals surface area contributed by atoms with Crippen LogP contribution in [-0.4, -0.2) is 0 Å². The van der Waals surface area contributed by atoms with E-state index in [1.807, 2.05) is 0 Å². The van der Waals surface area contributed by atoms with Crippen LogP contribution in [0.4, 0.5) is 0 Å². The molecule has 0 saturated carbocycles. The molecule has 1 aromatic rings. The lowest BCUT2D eigenvalue weighted by Gasteiger charge is -2.21. The Balaban J connectivity index is 2.38. The van der Waals surface area contributed by atoms with Crippen molar-refractivity contribution in [3.63, 3.8) is 0 Å². The molecule has 0 saturated heterocycles. The first kappa shape index (κ1) is 9.21. The minimum Gasteiger partial charge on any atom is -0.0803 e. The Labute approximate surface area is 92.0 Å². The van der Waals surface area contributed by atoms with E-state index in [2.05, 4.69) is 39.8 Å². The Morgan fingerprint density at radius 1 is 0.733 bits per heavy atom. The lowest BCUT2D eigenvalue weighted by molar-refractivity contribution is 0.801. The van der Waals surface area contributed by atoms with E-state index >= 15 is 0 Å². The molecule has 0 aliphatic heterocycles. The van der Waals surface area contributed by atoms with Crippen LogP contribution < -0.4 is 0 Å². The average Bonchev–Trinajstić information content (AvgIpc) is 2.82. The Hall–Kier alpha value is -1.04. The van der Waals surface area contributed by atoms with Crippen molar-refractivity contribution in [2.24, 2.45) is 0 Å². The van der Waals surface area contributed by atoms with Crippen molar-refractivity contribution < 1.29 is 0 Å². The molecule has 0 radical (unpaired) electrons. The van der Waals surface area contributed by atoms with Gasteiger partial charge in [0.2, 0.25) is 0 Å². The number of hydrogen-bond acceptors (Lipinski definition) is 0. The highest BCUT2D eigenvalue weighted by Crippen LogP contribution is 2.52. The molecule has 0 N–H and O–H groups in total. The largest absolute Gasteiger partial charge is 0.0803 e. The summed E-state index contributed by atoms with van der Waals surface area (Å²) in [4.78, 5) is 0. The van der Waals surface area contributed by atoms with Gasteiger partial charge in [-0.3, -0.25) is 0 Å². The SMILES string of the molecule is Cc1c(C)c(C)c2c(c1C)[C@H]1C=C[C@H]2C1. The molecule has 15 heavy (non-hydrogen) atoms. The average molecular weight is 198 g/mol. The van der Waals surface area contributed by atoms with Gasteiger partial charge in [0, 0.05) is 11.8 Å². The lowest BCUT2D eigenvalue weighted by atomic mass is 9.84. The van der Waals surface area contributed by atoms with Crippen LogP contribution in [0.25, 0.3) is 0 Å². The second-order valence-electron chi connectivity index (χ2n) is 5.16. The molecule has 3 rings (SSSR count). The maximum Gasteiger partial charge on any atom is 0.00327 e. The summed E-state index contributed by atoms with van der Waals surface area (Å²) in [6, 6.07) is 0. The normalized spacial score (nSPS) is 26.1. The Morgan fingerprint density at radius 2 is 1.13 bits per heavy atom. The van der Waals surface area contributed by atoms with E-state index in [0.717, 1.165) is 11.8 Å². The fourth-order valence-corrected chi connectivity index (χ4v) is 3.45. The van der Waals surface area contributed by atoms with Crippen molar-refractivity contribution in [2.75, 3.05) is 0 Å². The quantitative estimate of drug-likeness (QED) is 0.551. The number of benzene rings is 1. The van der Waals surface area contributed by atoms with E-state index in [-0.39, 0.29) is 0 Å². The number of rotatable bonds is 0. The summed E-state index contributed by atoms with van der Waals surface area (Å²) >= 11 is 0. The monoisotopic (exact) mass is 198 g/mol. The van der Waals surface area contributed by atoms with Gasteiger partial charge in [0.15, 0.2) is 0 Å². The van der Waals surface area contributed by atoms with Crippen LogP contribution in [0.2, 0.25) is 0 Å². The summed E-state index contributed by atoms with van der Waals surface area (Å²) < 4.78 is 0. The zero-order chi connectivity index (χ0) is 10.7. The minimum absolute atomic E-state index is 0.725. The van der Waals surface area contributed by atoms with Gasteiger partial charge in [-0.05, 0) is 67.5 Å². The van der Waals surface area contributed by atoms with Crippen LogP contribution in [0.1, 0.15) is 51.6 Å². The zero-order valence-corrected chi connectivity index (χ0v) is 10.0. The molecular weight excluding hydrogens is 180 g/mol. The van der Waals surface area contributed by atoms with Gasteiger partial charge in [-0.15, -0.1) is 0 Å². The predicted molar refractivity (Wildman–Crippen MR) is 64.6 cm³/mol. The van der Waals surface area contributed by atoms with E-state index in [0.29, 0.717) is 0 Å². The van der Waals surface area contributed by atoms with E-state index in [4.69, 9.17) is 0 Å². The molecule has 0 nitrogen and oxygen atoms in total. The highest BCUT2D eigenvalue weighted by molar-refractivity contribution is 5.59. The Bertz CT molecular complexity index is 435. The molecule has 2 aliphatic carbocycles. The van der Waals surface area contributed by atoms with E-state index in [1.54, 1.807) is 22.3 Å². The molecule has 0 amide bonds. The third kappa shape index (κ3) is 0.975. The van der Waals surface area contributed by atoms with Gasteiger partial charge in [-0.2, -0.15) is 0 Å². The maximum absolute atomic E-state index is 2.41. The maximum atomic E-state index is 2.41. The molecule has 0 fully saturated rings. The van der Waals surface area contributed by atoms with Gasteiger partial charge in [-0.1, -0.05) is 12.2 Å². The second kappa shape index (κ2) is 2.75. The summed E-state index contributed by atoms with van der Waals surface area (Å²) in [5.74, 6) is 1.45. The highest BCUT2D eigenvalue weighted by atomic mass is 14.4. The van der Waals surface area contributed by atoms with Crippen LogP contribution >= 0.6 is 0 Å². The molecule has 0 heteroatoms. The van der Waals surface area contributed by atoms with Crippen LogP contribution in [0.15, 0.2) is 12.2 Å². The van der Waals surface area contributed by atoms with Gasteiger partial charge in [0.1, 0.15) is 0 Å². The molecule has 0 unspecified atom stereocenters. The predicted octanol–water partition coefficient (Wildman–Crippen LogP) is 4.06. The standard InChI is InChI=1S/C15H18/c1-8-9(2)11(4)15-13-6-5-12(7-13)14(15)10(8)3/h5-6,12-13H,7H2,1-4H3/t12-,13-/m0/s1. The number of allylic oxidation sites excluding steroid dienone is 2. The summed E-state index contributed by atoms with van der Waals surface area (Å²) in [6.45, 7) is 9.14. The topological polar surface area (TPSA) is 0 Å². The Morgan fingerprint density at radius 3 is 1.53 bits per heavy atom. The first-order valence-electron chi connectivity index (χ1n) is 5.89. The van der Waals surface area contributed by atoms with E-state index in [9.17, 15) is 0 Å². The fraction of sp³-hybridized carbons (Fsp3) is 0.467. The summed E-state index contributed by atoms with van der Waals surface area (Å²) in [6.07, 6.45) is 6.16. The molecule has 2 bridgehead atoms. The number of hydrogen-bond donors (Lipinski definition) is 0. The molecule has 0 spiro atoms. The van der Waals surface area contributed by atoms with Crippen molar-refractivity contribution in [2.45, 2.75) is 46.0 Å². The van der Waals surface area contributed by atoms with Gasteiger partial charge in [0.05, 0.1) is 0 Å². The summed E-state index contributed by atoms with van der Waals surface area (Å²) in [7, 11) is 0. The molecule has 0 heterocycles. The third-order valence-electron chi connectivity index (χ3n) is 4.61. The second-order valence-corrected chi connectivity index (χ2v) is 5.16. The Kier molecular flexibility index (Phi) is 1.69. The highest BCUT2D eigenvalue weighted by Gasteiger charge is 2.35. The summed E-state index contributed by atoms with van der Waals surface area (Å²) in [5, 5.41) is 0. The van der Waals surface area contributed by atoms with Gasteiger partial charge in [0.25, 0.3) is 0 Å².